The number of ether oxygens (including phenoxy) is 3. The first-order chi connectivity index (χ1) is 10.5. The van der Waals surface area contributed by atoms with E-state index in [1.165, 1.54) is 30.2 Å². The molecule has 0 aliphatic carbocycles. The fourth-order valence-corrected chi connectivity index (χ4v) is 2.21. The second-order valence-electron chi connectivity index (χ2n) is 5.01. The summed E-state index contributed by atoms with van der Waals surface area (Å²) in [7, 11) is 3.06. The smallest absolute Gasteiger partial charge is 0.335 e. The van der Waals surface area contributed by atoms with E-state index in [9.17, 15) is 9.59 Å². The van der Waals surface area contributed by atoms with Gasteiger partial charge in [-0.3, -0.25) is 4.79 Å². The SMILES string of the molecule is COc1cc(C(=O)O)cc(C(=O)N(C)C[C@@H]2COCCO2)c1. The normalized spacial score (nSPS) is 17.8. The van der Waals surface area contributed by atoms with E-state index in [0.717, 1.165) is 0 Å². The Hall–Kier alpha value is -2.12. The molecule has 1 amide bonds. The van der Waals surface area contributed by atoms with Crippen molar-refractivity contribution in [3.8, 4) is 5.75 Å². The van der Waals surface area contributed by atoms with Crippen LogP contribution in [-0.4, -0.2) is 68.5 Å². The third kappa shape index (κ3) is 3.96. The lowest BCUT2D eigenvalue weighted by Crippen LogP contribution is -2.40. The molecule has 1 aromatic rings. The molecule has 1 saturated heterocycles. The molecule has 0 unspecified atom stereocenters. The predicted molar refractivity (Wildman–Crippen MR) is 77.5 cm³/mol. The van der Waals surface area contributed by atoms with Gasteiger partial charge in [0.05, 0.1) is 38.6 Å². The van der Waals surface area contributed by atoms with Gasteiger partial charge in [-0.2, -0.15) is 0 Å². The Morgan fingerprint density at radius 2 is 2.05 bits per heavy atom. The van der Waals surface area contributed by atoms with E-state index in [0.29, 0.717) is 32.1 Å². The molecule has 1 aromatic carbocycles. The van der Waals surface area contributed by atoms with E-state index >= 15 is 0 Å². The first-order valence-electron chi connectivity index (χ1n) is 6.88. The molecule has 1 aliphatic heterocycles. The number of carbonyl (C=O) groups excluding carboxylic acids is 1. The average molecular weight is 309 g/mol. The van der Waals surface area contributed by atoms with Crippen molar-refractivity contribution in [3.63, 3.8) is 0 Å². The number of nitrogens with zero attached hydrogens (tertiary/aromatic N) is 1. The van der Waals surface area contributed by atoms with Crippen molar-refractivity contribution in [2.24, 2.45) is 0 Å². The monoisotopic (exact) mass is 309 g/mol. The van der Waals surface area contributed by atoms with Gasteiger partial charge >= 0.3 is 5.97 Å². The quantitative estimate of drug-likeness (QED) is 0.869. The van der Waals surface area contributed by atoms with Gasteiger partial charge in [-0.25, -0.2) is 4.79 Å². The van der Waals surface area contributed by atoms with Crippen molar-refractivity contribution in [1.82, 2.24) is 4.90 Å². The third-order valence-corrected chi connectivity index (χ3v) is 3.35. The first-order valence-corrected chi connectivity index (χ1v) is 6.88. The average Bonchev–Trinajstić information content (AvgIpc) is 2.54. The molecule has 7 nitrogen and oxygen atoms in total. The van der Waals surface area contributed by atoms with Crippen molar-refractivity contribution in [1.29, 1.82) is 0 Å². The number of hydrogen-bond donors (Lipinski definition) is 1. The Morgan fingerprint density at radius 3 is 2.64 bits per heavy atom. The number of likely N-dealkylation sites (N-methyl/N-ethyl adjacent to an activating group) is 1. The molecule has 1 fully saturated rings. The molecule has 1 heterocycles. The maximum atomic E-state index is 12.4. The highest BCUT2D eigenvalue weighted by Crippen LogP contribution is 2.18. The minimum Gasteiger partial charge on any atom is -0.497 e. The predicted octanol–water partition coefficient (Wildman–Crippen LogP) is 0.881. The van der Waals surface area contributed by atoms with Crippen LogP contribution >= 0.6 is 0 Å². The highest BCUT2D eigenvalue weighted by molar-refractivity contribution is 5.98. The van der Waals surface area contributed by atoms with E-state index in [-0.39, 0.29) is 23.1 Å². The van der Waals surface area contributed by atoms with Gasteiger partial charge in [-0.05, 0) is 18.2 Å². The van der Waals surface area contributed by atoms with Gasteiger partial charge in [0, 0.05) is 19.2 Å². The van der Waals surface area contributed by atoms with E-state index < -0.39 is 5.97 Å². The van der Waals surface area contributed by atoms with Crippen LogP contribution in [0.1, 0.15) is 20.7 Å². The molecule has 0 aromatic heterocycles. The molecule has 22 heavy (non-hydrogen) atoms. The van der Waals surface area contributed by atoms with Crippen molar-refractivity contribution in [3.05, 3.63) is 29.3 Å². The summed E-state index contributed by atoms with van der Waals surface area (Å²) < 4.78 is 15.8. The lowest BCUT2D eigenvalue weighted by atomic mass is 10.1. The van der Waals surface area contributed by atoms with Crippen LogP contribution in [0.15, 0.2) is 18.2 Å². The molecule has 0 spiro atoms. The van der Waals surface area contributed by atoms with E-state index in [2.05, 4.69) is 0 Å². The zero-order valence-electron chi connectivity index (χ0n) is 12.6. The van der Waals surface area contributed by atoms with Crippen LogP contribution in [0.5, 0.6) is 5.75 Å². The standard InChI is InChI=1S/C15H19NO6/c1-16(8-13-9-21-3-4-22-13)14(17)10-5-11(15(18)19)7-12(6-10)20-2/h5-7,13H,3-4,8-9H2,1-2H3,(H,18,19)/t13-/m1/s1. The summed E-state index contributed by atoms with van der Waals surface area (Å²) in [5, 5.41) is 9.09. The van der Waals surface area contributed by atoms with Gasteiger partial charge < -0.3 is 24.2 Å². The fraction of sp³-hybridized carbons (Fsp3) is 0.467. The van der Waals surface area contributed by atoms with E-state index in [4.69, 9.17) is 19.3 Å². The molecule has 120 valence electrons. The molecule has 1 N–H and O–H groups in total. The van der Waals surface area contributed by atoms with Crippen LogP contribution in [0.25, 0.3) is 0 Å². The number of carboxylic acid groups (broad SMARTS) is 1. The Labute approximate surface area is 128 Å². The fourth-order valence-electron chi connectivity index (χ4n) is 2.21. The molecular formula is C15H19NO6. The summed E-state index contributed by atoms with van der Waals surface area (Å²) in [6.45, 7) is 1.88. The molecule has 0 radical (unpaired) electrons. The second kappa shape index (κ2) is 7.24. The van der Waals surface area contributed by atoms with Gasteiger partial charge in [-0.15, -0.1) is 0 Å². The summed E-state index contributed by atoms with van der Waals surface area (Å²) in [6, 6.07) is 4.22. The molecular weight excluding hydrogens is 290 g/mol. The summed E-state index contributed by atoms with van der Waals surface area (Å²) >= 11 is 0. The zero-order valence-corrected chi connectivity index (χ0v) is 12.6. The van der Waals surface area contributed by atoms with Crippen molar-refractivity contribution in [2.45, 2.75) is 6.10 Å². The van der Waals surface area contributed by atoms with Gasteiger partial charge in [0.25, 0.3) is 5.91 Å². The largest absolute Gasteiger partial charge is 0.497 e. The molecule has 0 bridgehead atoms. The van der Waals surface area contributed by atoms with Crippen LogP contribution in [0.4, 0.5) is 0 Å². The lowest BCUT2D eigenvalue weighted by Gasteiger charge is -2.27. The van der Waals surface area contributed by atoms with Crippen LogP contribution in [-0.2, 0) is 9.47 Å². The summed E-state index contributed by atoms with van der Waals surface area (Å²) in [4.78, 5) is 25.0. The summed E-state index contributed by atoms with van der Waals surface area (Å²) in [5.41, 5.74) is 0.268. The van der Waals surface area contributed by atoms with Crippen LogP contribution in [0.2, 0.25) is 0 Å². The Bertz CT molecular complexity index is 553. The maximum absolute atomic E-state index is 12.4. The van der Waals surface area contributed by atoms with Crippen molar-refractivity contribution < 1.29 is 28.9 Å². The minimum absolute atomic E-state index is 0.00773. The zero-order chi connectivity index (χ0) is 16.1. The molecule has 0 saturated carbocycles. The molecule has 1 aliphatic rings. The summed E-state index contributed by atoms with van der Waals surface area (Å²) in [6.07, 6.45) is -0.174. The number of carboxylic acids is 1. The first kappa shape index (κ1) is 16.3. The second-order valence-corrected chi connectivity index (χ2v) is 5.01. The highest BCUT2D eigenvalue weighted by Gasteiger charge is 2.21. The van der Waals surface area contributed by atoms with Crippen LogP contribution in [0, 0.1) is 0 Å². The highest BCUT2D eigenvalue weighted by atomic mass is 16.6. The summed E-state index contributed by atoms with van der Waals surface area (Å²) in [5.74, 6) is -1.08. The number of methoxy groups -OCH3 is 1. The third-order valence-electron chi connectivity index (χ3n) is 3.35. The van der Waals surface area contributed by atoms with Gasteiger partial charge in [-0.1, -0.05) is 0 Å². The van der Waals surface area contributed by atoms with Crippen LogP contribution < -0.4 is 4.74 Å². The van der Waals surface area contributed by atoms with Gasteiger partial charge in [0.15, 0.2) is 0 Å². The molecule has 2 rings (SSSR count). The number of benzene rings is 1. The topological polar surface area (TPSA) is 85.3 Å². The van der Waals surface area contributed by atoms with Gasteiger partial charge in [0.1, 0.15) is 5.75 Å². The number of aromatic carboxylic acids is 1. The lowest BCUT2D eigenvalue weighted by molar-refractivity contribution is -0.0933. The Morgan fingerprint density at radius 1 is 1.32 bits per heavy atom. The number of hydrogen-bond acceptors (Lipinski definition) is 5. The van der Waals surface area contributed by atoms with E-state index in [1.807, 2.05) is 0 Å². The number of carbonyl (C=O) groups is 2. The number of amides is 1. The van der Waals surface area contributed by atoms with Gasteiger partial charge in [0.2, 0.25) is 0 Å². The molecule has 1 atom stereocenters. The van der Waals surface area contributed by atoms with E-state index in [1.54, 1.807) is 7.05 Å². The molecule has 7 heteroatoms. The van der Waals surface area contributed by atoms with Crippen molar-refractivity contribution >= 4 is 11.9 Å². The van der Waals surface area contributed by atoms with Crippen molar-refractivity contribution in [2.75, 3.05) is 40.5 Å². The minimum atomic E-state index is -1.11. The maximum Gasteiger partial charge on any atom is 0.335 e. The number of rotatable bonds is 5. The Kier molecular flexibility index (Phi) is 5.35. The van der Waals surface area contributed by atoms with Crippen LogP contribution in [0.3, 0.4) is 0 Å². The Balaban J connectivity index is 2.13.